The minimum atomic E-state index is -1.11. The second-order valence-electron chi connectivity index (χ2n) is 6.41. The fraction of sp³-hybridized carbons (Fsp3) is 0.100. The van der Waals surface area contributed by atoms with Crippen molar-refractivity contribution in [1.29, 1.82) is 0 Å². The average Bonchev–Trinajstić information content (AvgIpc) is 3.41. The van der Waals surface area contributed by atoms with E-state index in [9.17, 15) is 14.4 Å². The van der Waals surface area contributed by atoms with Crippen LogP contribution in [-0.2, 0) is 16.0 Å². The number of carbonyl (C=O) groups excluding carboxylic acids is 3. The lowest BCUT2D eigenvalue weighted by Crippen LogP contribution is -2.47. The van der Waals surface area contributed by atoms with E-state index in [1.54, 1.807) is 6.07 Å². The maximum absolute atomic E-state index is 12.9. The van der Waals surface area contributed by atoms with Crippen LogP contribution in [0.3, 0.4) is 0 Å². The summed E-state index contributed by atoms with van der Waals surface area (Å²) >= 11 is 1.52. The van der Waals surface area contributed by atoms with Gasteiger partial charge in [0.05, 0.1) is 6.20 Å². The number of hydrogen-bond donors (Lipinski definition) is 2. The molecule has 3 aromatic heterocycles. The number of primary amides is 1. The molecule has 1 unspecified atom stereocenters. The number of hydrogen-bond acceptors (Lipinski definition) is 7. The van der Waals surface area contributed by atoms with Gasteiger partial charge in [0.15, 0.2) is 5.82 Å². The number of nitrogens with zero attached hydrogens (tertiary/aromatic N) is 4. The predicted octanol–water partition coefficient (Wildman–Crippen LogP) is 1.27. The minimum Gasteiger partial charge on any atom is -0.363 e. The number of rotatable bonds is 7. The van der Waals surface area contributed by atoms with Crippen LogP contribution >= 0.6 is 11.3 Å². The number of amides is 2. The Bertz CT molecular complexity index is 1230. The first kappa shape index (κ1) is 19.4. The molecule has 10 heteroatoms. The zero-order valence-electron chi connectivity index (χ0n) is 15.6. The van der Waals surface area contributed by atoms with Crippen molar-refractivity contribution < 1.29 is 14.4 Å². The Labute approximate surface area is 174 Å². The van der Waals surface area contributed by atoms with Crippen LogP contribution in [0.5, 0.6) is 0 Å². The molecular formula is C20H16N6O3S. The maximum atomic E-state index is 12.9. The van der Waals surface area contributed by atoms with Crippen molar-refractivity contribution >= 4 is 39.0 Å². The minimum absolute atomic E-state index is 0.138. The molecule has 0 fully saturated rings. The molecule has 2 amide bonds. The molecule has 150 valence electrons. The second-order valence-corrected chi connectivity index (χ2v) is 7.32. The van der Waals surface area contributed by atoms with Gasteiger partial charge in [-0.15, -0.1) is 11.3 Å². The quantitative estimate of drug-likeness (QED) is 0.433. The fourth-order valence-corrected chi connectivity index (χ4v) is 4.07. The number of fused-ring (bicyclic) bond motifs is 1. The summed E-state index contributed by atoms with van der Waals surface area (Å²) in [7, 11) is 0. The smallest absolute Gasteiger partial charge is 0.287 e. The highest BCUT2D eigenvalue weighted by Crippen LogP contribution is 2.26. The van der Waals surface area contributed by atoms with Crippen LogP contribution < -0.4 is 11.1 Å². The molecule has 1 aromatic carbocycles. The molecule has 0 aliphatic carbocycles. The molecule has 0 aliphatic rings. The highest BCUT2D eigenvalue weighted by atomic mass is 32.1. The van der Waals surface area contributed by atoms with Gasteiger partial charge in [-0.25, -0.2) is 14.6 Å². The molecule has 1 atom stereocenters. The van der Waals surface area contributed by atoms with Gasteiger partial charge >= 0.3 is 0 Å². The van der Waals surface area contributed by atoms with E-state index in [1.165, 1.54) is 40.8 Å². The molecule has 9 nitrogen and oxygen atoms in total. The van der Waals surface area contributed by atoms with E-state index in [0.29, 0.717) is 5.82 Å². The SMILES string of the molecule is NC(=O)C(=O)C(Cc1csc2ccccc12)NC(=O)c1ccnn1-c1ccncn1. The first-order valence-electron chi connectivity index (χ1n) is 8.94. The Morgan fingerprint density at radius 3 is 2.73 bits per heavy atom. The Morgan fingerprint density at radius 2 is 1.97 bits per heavy atom. The van der Waals surface area contributed by atoms with Crippen molar-refractivity contribution in [3.05, 3.63) is 71.8 Å². The van der Waals surface area contributed by atoms with E-state index in [4.69, 9.17) is 5.73 Å². The number of thiophene rings is 1. The van der Waals surface area contributed by atoms with Gasteiger partial charge in [-0.2, -0.15) is 5.10 Å². The molecule has 4 rings (SSSR count). The summed E-state index contributed by atoms with van der Waals surface area (Å²) in [5.74, 6) is -2.16. The van der Waals surface area contributed by atoms with E-state index in [0.717, 1.165) is 15.6 Å². The molecule has 30 heavy (non-hydrogen) atoms. The lowest BCUT2D eigenvalue weighted by Gasteiger charge is -2.16. The van der Waals surface area contributed by atoms with Crippen LogP contribution in [0.4, 0.5) is 0 Å². The molecular weight excluding hydrogens is 404 g/mol. The molecule has 3 heterocycles. The number of aromatic nitrogens is 4. The van der Waals surface area contributed by atoms with Gasteiger partial charge in [0, 0.05) is 23.4 Å². The Morgan fingerprint density at radius 1 is 1.13 bits per heavy atom. The summed E-state index contributed by atoms with van der Waals surface area (Å²) in [6, 6.07) is 9.68. The summed E-state index contributed by atoms with van der Waals surface area (Å²) in [6.07, 6.45) is 4.43. The zero-order valence-corrected chi connectivity index (χ0v) is 16.4. The lowest BCUT2D eigenvalue weighted by molar-refractivity contribution is -0.137. The third-order valence-electron chi connectivity index (χ3n) is 4.51. The number of nitrogens with one attached hydrogen (secondary N) is 1. The summed E-state index contributed by atoms with van der Waals surface area (Å²) in [4.78, 5) is 44.8. The van der Waals surface area contributed by atoms with E-state index in [-0.39, 0.29) is 12.1 Å². The highest BCUT2D eigenvalue weighted by Gasteiger charge is 2.28. The molecule has 0 bridgehead atoms. The number of ketones is 1. The summed E-state index contributed by atoms with van der Waals surface area (Å²) in [5, 5.41) is 9.60. The normalized spacial score (nSPS) is 11.9. The van der Waals surface area contributed by atoms with Gasteiger partial charge in [0.2, 0.25) is 5.78 Å². The Balaban J connectivity index is 1.62. The van der Waals surface area contributed by atoms with Crippen LogP contribution in [0.1, 0.15) is 16.1 Å². The number of carbonyl (C=O) groups is 3. The largest absolute Gasteiger partial charge is 0.363 e. The van der Waals surface area contributed by atoms with Gasteiger partial charge in [-0.05, 0) is 28.5 Å². The van der Waals surface area contributed by atoms with Crippen molar-refractivity contribution in [2.75, 3.05) is 0 Å². The van der Waals surface area contributed by atoms with Crippen molar-refractivity contribution in [3.8, 4) is 5.82 Å². The number of Topliss-reactive ketones (excluding diaryl/α,β-unsaturated/α-hetero) is 1. The van der Waals surface area contributed by atoms with Crippen molar-refractivity contribution in [1.82, 2.24) is 25.1 Å². The first-order valence-corrected chi connectivity index (χ1v) is 9.82. The topological polar surface area (TPSA) is 133 Å². The summed E-state index contributed by atoms with van der Waals surface area (Å²) < 4.78 is 2.37. The highest BCUT2D eigenvalue weighted by molar-refractivity contribution is 7.17. The zero-order chi connectivity index (χ0) is 21.1. The third kappa shape index (κ3) is 3.80. The molecule has 0 spiro atoms. The van der Waals surface area contributed by atoms with E-state index >= 15 is 0 Å². The molecule has 0 aliphatic heterocycles. The molecule has 3 N–H and O–H groups in total. The second kappa shape index (κ2) is 8.21. The predicted molar refractivity (Wildman–Crippen MR) is 110 cm³/mol. The van der Waals surface area contributed by atoms with Crippen LogP contribution in [-0.4, -0.2) is 43.4 Å². The monoisotopic (exact) mass is 420 g/mol. The first-order chi connectivity index (χ1) is 14.5. The van der Waals surface area contributed by atoms with Crippen molar-refractivity contribution in [2.24, 2.45) is 5.73 Å². The van der Waals surface area contributed by atoms with Crippen LogP contribution in [0, 0.1) is 0 Å². The molecule has 0 saturated carbocycles. The van der Waals surface area contributed by atoms with E-state index < -0.39 is 23.6 Å². The van der Waals surface area contributed by atoms with E-state index in [2.05, 4.69) is 20.4 Å². The average molecular weight is 420 g/mol. The number of nitrogens with two attached hydrogens (primary N) is 1. The fourth-order valence-electron chi connectivity index (χ4n) is 3.09. The lowest BCUT2D eigenvalue weighted by atomic mass is 10.0. The number of benzene rings is 1. The van der Waals surface area contributed by atoms with Gasteiger partial charge in [0.25, 0.3) is 11.8 Å². The molecule has 0 radical (unpaired) electrons. The molecule has 0 saturated heterocycles. The summed E-state index contributed by atoms with van der Waals surface area (Å²) in [5.41, 5.74) is 6.23. The Kier molecular flexibility index (Phi) is 5.31. The van der Waals surface area contributed by atoms with Gasteiger partial charge in [-0.1, -0.05) is 18.2 Å². The van der Waals surface area contributed by atoms with Gasteiger partial charge < -0.3 is 11.1 Å². The third-order valence-corrected chi connectivity index (χ3v) is 5.52. The van der Waals surface area contributed by atoms with Crippen molar-refractivity contribution in [2.45, 2.75) is 12.5 Å². The van der Waals surface area contributed by atoms with E-state index in [1.807, 2.05) is 29.6 Å². The Hall–Kier alpha value is -3.92. The van der Waals surface area contributed by atoms with Crippen LogP contribution in [0.15, 0.2) is 60.5 Å². The van der Waals surface area contributed by atoms with Crippen LogP contribution in [0.25, 0.3) is 15.9 Å². The van der Waals surface area contributed by atoms with Crippen molar-refractivity contribution in [3.63, 3.8) is 0 Å². The summed E-state index contributed by atoms with van der Waals surface area (Å²) in [6.45, 7) is 0. The maximum Gasteiger partial charge on any atom is 0.287 e. The molecule has 4 aromatic rings. The van der Waals surface area contributed by atoms with Gasteiger partial charge in [0.1, 0.15) is 18.1 Å². The van der Waals surface area contributed by atoms with Gasteiger partial charge in [-0.3, -0.25) is 14.4 Å². The standard InChI is InChI=1S/C20H16N6O3S/c21-19(28)18(27)14(9-12-10-30-16-4-2-1-3-13(12)16)25-20(29)15-5-8-24-26(15)17-6-7-22-11-23-17/h1-8,10-11,14H,9H2,(H2,21,28)(H,25,29). The van der Waals surface area contributed by atoms with Crippen LogP contribution in [0.2, 0.25) is 0 Å².